The molecule has 1 aromatic rings. The molecule has 1 atom stereocenters. The molecule has 1 N–H and O–H groups in total. The number of aromatic hydroxyl groups is 1. The van der Waals surface area contributed by atoms with Crippen LogP contribution in [0.1, 0.15) is 45.2 Å². The third kappa shape index (κ3) is 1.51. The van der Waals surface area contributed by atoms with Gasteiger partial charge < -0.3 is 5.11 Å². The van der Waals surface area contributed by atoms with Gasteiger partial charge in [0.1, 0.15) is 11.9 Å². The zero-order chi connectivity index (χ0) is 12.1. The van der Waals surface area contributed by atoms with Gasteiger partial charge in [0.05, 0.1) is 0 Å². The van der Waals surface area contributed by atoms with E-state index in [9.17, 15) is 9.50 Å². The van der Waals surface area contributed by atoms with Crippen molar-refractivity contribution in [3.05, 3.63) is 29.3 Å². The van der Waals surface area contributed by atoms with E-state index in [0.717, 1.165) is 11.1 Å². The summed E-state index contributed by atoms with van der Waals surface area (Å²) >= 11 is 0. The Morgan fingerprint density at radius 2 is 1.81 bits per heavy atom. The summed E-state index contributed by atoms with van der Waals surface area (Å²) in [6.45, 7) is 7.94. The highest BCUT2D eigenvalue weighted by molar-refractivity contribution is 5.46. The second-order valence-corrected chi connectivity index (χ2v) is 6.01. The van der Waals surface area contributed by atoms with Gasteiger partial charge >= 0.3 is 0 Å². The maximum absolute atomic E-state index is 14.2. The molecule has 0 radical (unpaired) electrons. The van der Waals surface area contributed by atoms with Gasteiger partial charge in [-0.05, 0) is 35.1 Å². The summed E-state index contributed by atoms with van der Waals surface area (Å²) in [6, 6.07) is 5.33. The van der Waals surface area contributed by atoms with Crippen molar-refractivity contribution in [2.24, 2.45) is 0 Å². The number of rotatable bonds is 0. The molecule has 0 aliphatic heterocycles. The van der Waals surface area contributed by atoms with E-state index >= 15 is 0 Å². The van der Waals surface area contributed by atoms with E-state index in [-0.39, 0.29) is 11.2 Å². The predicted octanol–water partition coefficient (Wildman–Crippen LogP) is 3.69. The average Bonchev–Trinajstić information content (AvgIpc) is 2.14. The number of hydrogen-bond acceptors (Lipinski definition) is 1. The van der Waals surface area contributed by atoms with E-state index in [4.69, 9.17) is 0 Å². The molecule has 0 aromatic heterocycles. The van der Waals surface area contributed by atoms with E-state index in [2.05, 4.69) is 13.8 Å². The lowest BCUT2D eigenvalue weighted by Crippen LogP contribution is -2.42. The average molecular weight is 222 g/mol. The number of fused-ring (bicyclic) bond motifs is 1. The van der Waals surface area contributed by atoms with Crippen LogP contribution in [-0.4, -0.2) is 11.3 Å². The monoisotopic (exact) mass is 222 g/mol. The fourth-order valence-corrected chi connectivity index (χ4v) is 2.64. The topological polar surface area (TPSA) is 20.2 Å². The molecule has 1 aliphatic carbocycles. The van der Waals surface area contributed by atoms with Crippen LogP contribution in [0.2, 0.25) is 0 Å². The Balaban J connectivity index is 2.68. The quantitative estimate of drug-likeness (QED) is 0.709. The summed E-state index contributed by atoms with van der Waals surface area (Å²) in [7, 11) is 0. The highest BCUT2D eigenvalue weighted by Crippen LogP contribution is 2.47. The normalized spacial score (nSPS) is 26.2. The summed E-state index contributed by atoms with van der Waals surface area (Å²) in [5.41, 5.74) is 1.43. The van der Waals surface area contributed by atoms with Crippen molar-refractivity contribution < 1.29 is 9.50 Å². The molecule has 1 aliphatic rings. The zero-order valence-corrected chi connectivity index (χ0v) is 10.3. The minimum Gasteiger partial charge on any atom is -0.508 e. The Kier molecular flexibility index (Phi) is 2.30. The molecule has 0 amide bonds. The van der Waals surface area contributed by atoms with Crippen LogP contribution < -0.4 is 0 Å². The summed E-state index contributed by atoms with van der Waals surface area (Å²) < 4.78 is 14.2. The number of alkyl halides is 1. The molecule has 0 bridgehead atoms. The molecule has 0 heterocycles. The van der Waals surface area contributed by atoms with E-state index in [1.165, 1.54) is 0 Å². The third-order valence-corrected chi connectivity index (χ3v) is 3.90. The van der Waals surface area contributed by atoms with Gasteiger partial charge in [0.2, 0.25) is 0 Å². The van der Waals surface area contributed by atoms with Crippen LogP contribution in [0.15, 0.2) is 18.2 Å². The summed E-state index contributed by atoms with van der Waals surface area (Å²) in [5, 5.41) is 9.55. The molecule has 1 nitrogen and oxygen atoms in total. The minimum absolute atomic E-state index is 0.155. The summed E-state index contributed by atoms with van der Waals surface area (Å²) in [5.74, 6) is 0.219. The van der Waals surface area contributed by atoms with Crippen LogP contribution in [0.25, 0.3) is 0 Å². The Labute approximate surface area is 96.3 Å². The SMILES string of the molecule is CC1(C)CC(F)C(C)(C)c2cc(O)ccc21. The van der Waals surface area contributed by atoms with Crippen molar-refractivity contribution in [3.8, 4) is 5.75 Å². The number of benzene rings is 1. The highest BCUT2D eigenvalue weighted by atomic mass is 19.1. The lowest BCUT2D eigenvalue weighted by atomic mass is 9.62. The van der Waals surface area contributed by atoms with Gasteiger partial charge in [-0.3, -0.25) is 0 Å². The van der Waals surface area contributed by atoms with Crippen molar-refractivity contribution in [1.82, 2.24) is 0 Å². The summed E-state index contributed by atoms with van der Waals surface area (Å²) in [6.07, 6.45) is -0.325. The standard InChI is InChI=1S/C14H19FO/c1-13(2)8-12(15)14(3,4)11-7-9(16)5-6-10(11)13/h5-7,12,16H,8H2,1-4H3. The fraction of sp³-hybridized carbons (Fsp3) is 0.571. The van der Waals surface area contributed by atoms with Crippen LogP contribution in [0.4, 0.5) is 4.39 Å². The molecule has 0 saturated heterocycles. The maximum Gasteiger partial charge on any atom is 0.115 e. The van der Waals surface area contributed by atoms with Crippen LogP contribution >= 0.6 is 0 Å². The van der Waals surface area contributed by atoms with Gasteiger partial charge in [0.25, 0.3) is 0 Å². The van der Waals surface area contributed by atoms with Crippen LogP contribution in [0.5, 0.6) is 5.75 Å². The fourth-order valence-electron chi connectivity index (χ4n) is 2.64. The largest absolute Gasteiger partial charge is 0.508 e. The first-order chi connectivity index (χ1) is 7.25. The van der Waals surface area contributed by atoms with E-state index in [1.54, 1.807) is 12.1 Å². The number of hydrogen-bond donors (Lipinski definition) is 1. The predicted molar refractivity (Wildman–Crippen MR) is 63.7 cm³/mol. The molecular weight excluding hydrogens is 203 g/mol. The minimum atomic E-state index is -0.864. The van der Waals surface area contributed by atoms with E-state index in [0.29, 0.717) is 6.42 Å². The molecular formula is C14H19FO. The molecule has 88 valence electrons. The van der Waals surface area contributed by atoms with Crippen LogP contribution in [0.3, 0.4) is 0 Å². The molecule has 0 spiro atoms. The second-order valence-electron chi connectivity index (χ2n) is 6.01. The Morgan fingerprint density at radius 3 is 2.44 bits per heavy atom. The molecule has 1 aromatic carbocycles. The smallest absolute Gasteiger partial charge is 0.115 e. The van der Waals surface area contributed by atoms with Gasteiger partial charge in [-0.25, -0.2) is 4.39 Å². The zero-order valence-electron chi connectivity index (χ0n) is 10.3. The Bertz CT molecular complexity index is 421. The van der Waals surface area contributed by atoms with Gasteiger partial charge in [0.15, 0.2) is 0 Å². The van der Waals surface area contributed by atoms with Gasteiger partial charge in [-0.2, -0.15) is 0 Å². The molecule has 1 unspecified atom stereocenters. The Morgan fingerprint density at radius 1 is 1.19 bits per heavy atom. The molecule has 2 heteroatoms. The highest BCUT2D eigenvalue weighted by Gasteiger charge is 2.44. The van der Waals surface area contributed by atoms with Crippen molar-refractivity contribution in [3.63, 3.8) is 0 Å². The van der Waals surface area contributed by atoms with Crippen LogP contribution in [0, 0.1) is 0 Å². The van der Waals surface area contributed by atoms with Crippen molar-refractivity contribution >= 4 is 0 Å². The third-order valence-electron chi connectivity index (χ3n) is 3.90. The van der Waals surface area contributed by atoms with Gasteiger partial charge in [-0.15, -0.1) is 0 Å². The first-order valence-electron chi connectivity index (χ1n) is 5.73. The van der Waals surface area contributed by atoms with Crippen molar-refractivity contribution in [1.29, 1.82) is 0 Å². The number of phenols is 1. The molecule has 0 fully saturated rings. The molecule has 0 saturated carbocycles. The lowest BCUT2D eigenvalue weighted by Gasteiger charge is -2.44. The maximum atomic E-state index is 14.2. The lowest BCUT2D eigenvalue weighted by molar-refractivity contribution is 0.149. The summed E-state index contributed by atoms with van der Waals surface area (Å²) in [4.78, 5) is 0. The number of halogens is 1. The van der Waals surface area contributed by atoms with Gasteiger partial charge in [-0.1, -0.05) is 33.8 Å². The van der Waals surface area contributed by atoms with Crippen LogP contribution in [-0.2, 0) is 10.8 Å². The second kappa shape index (κ2) is 3.22. The first kappa shape index (κ1) is 11.4. The molecule has 2 rings (SSSR count). The Hall–Kier alpha value is -1.05. The number of phenolic OH excluding ortho intramolecular Hbond substituents is 1. The first-order valence-corrected chi connectivity index (χ1v) is 5.73. The van der Waals surface area contributed by atoms with E-state index in [1.807, 2.05) is 19.9 Å². The van der Waals surface area contributed by atoms with Gasteiger partial charge in [0, 0.05) is 5.41 Å². The molecule has 16 heavy (non-hydrogen) atoms. The van der Waals surface area contributed by atoms with E-state index < -0.39 is 11.6 Å². The van der Waals surface area contributed by atoms with Crippen molar-refractivity contribution in [2.75, 3.05) is 0 Å². The van der Waals surface area contributed by atoms with Crippen molar-refractivity contribution in [2.45, 2.75) is 51.1 Å².